The Morgan fingerprint density at radius 3 is 2.43 bits per heavy atom. The second-order valence-electron chi connectivity index (χ2n) is 17.5. The number of hydrogen-bond acceptors (Lipinski definition) is 11. The molecule has 2 aliphatic heterocycles. The van der Waals surface area contributed by atoms with Crippen LogP contribution < -0.4 is 14.8 Å². The number of ether oxygens (including phenoxy) is 3. The van der Waals surface area contributed by atoms with Crippen molar-refractivity contribution < 1.29 is 42.5 Å². The number of amides is 1. The van der Waals surface area contributed by atoms with Crippen molar-refractivity contribution in [1.82, 2.24) is 9.21 Å². The molecule has 1 amide bonds. The number of rotatable bonds is 22. The van der Waals surface area contributed by atoms with E-state index in [1.54, 1.807) is 18.2 Å². The lowest BCUT2D eigenvalue weighted by Crippen LogP contribution is -2.70. The van der Waals surface area contributed by atoms with Crippen LogP contribution in [0.3, 0.4) is 0 Å². The van der Waals surface area contributed by atoms with E-state index in [2.05, 4.69) is 28.9 Å². The van der Waals surface area contributed by atoms with Crippen LogP contribution >= 0.6 is 0 Å². The summed E-state index contributed by atoms with van der Waals surface area (Å²) in [6, 6.07) is 11.2. The number of carbonyl (C=O) groups excluding carboxylic acids is 1. The van der Waals surface area contributed by atoms with Gasteiger partial charge in [0.15, 0.2) is 0 Å². The third-order valence-electron chi connectivity index (χ3n) is 11.9. The predicted octanol–water partition coefficient (Wildman–Crippen LogP) is 6.87. The maximum Gasteiger partial charge on any atom is 0.243 e. The van der Waals surface area contributed by atoms with Crippen molar-refractivity contribution >= 4 is 27.3 Å². The van der Waals surface area contributed by atoms with E-state index in [9.17, 15) is 15.0 Å². The summed E-state index contributed by atoms with van der Waals surface area (Å²) < 4.78 is 52.5. The smallest absolute Gasteiger partial charge is 0.243 e. The fourth-order valence-corrected chi connectivity index (χ4v) is 10.9. The van der Waals surface area contributed by atoms with E-state index < -0.39 is 33.4 Å². The molecule has 4 aliphatic rings. The summed E-state index contributed by atoms with van der Waals surface area (Å²) in [5.74, 6) is -1.14. The molecule has 2 aromatic rings. The number of oxime groups is 1. The molecule has 2 fully saturated rings. The minimum absolute atomic E-state index is 0.0345. The monoisotopic (exact) mass is 850 g/mol. The summed E-state index contributed by atoms with van der Waals surface area (Å²) in [5, 5.41) is 27.4. The number of nitrogens with zero attached hydrogens (tertiary/aromatic N) is 3. The zero-order valence-electron chi connectivity index (χ0n) is 36.1. The van der Waals surface area contributed by atoms with E-state index in [4.69, 9.17) is 24.2 Å². The lowest BCUT2D eigenvalue weighted by molar-refractivity contribution is -0.251. The number of sulfonamides is 1. The third-order valence-corrected chi connectivity index (χ3v) is 13.8. The van der Waals surface area contributed by atoms with Crippen LogP contribution in [-0.4, -0.2) is 109 Å². The molecule has 6 unspecified atom stereocenters. The van der Waals surface area contributed by atoms with Gasteiger partial charge in [0.2, 0.25) is 21.7 Å². The van der Waals surface area contributed by atoms with Crippen LogP contribution in [0.5, 0.6) is 11.5 Å². The number of hydrogen-bond donors (Lipinski definition) is 3. The van der Waals surface area contributed by atoms with Crippen molar-refractivity contribution in [3.05, 3.63) is 72.3 Å². The molecule has 0 bridgehead atoms. The highest BCUT2D eigenvalue weighted by Gasteiger charge is 2.66. The van der Waals surface area contributed by atoms with Gasteiger partial charge in [-0.15, -0.1) is 6.58 Å². The number of nitrogens with one attached hydrogen (secondary N) is 1. The number of aliphatic hydroxyl groups is 2. The summed E-state index contributed by atoms with van der Waals surface area (Å²) in [4.78, 5) is 20.4. The highest BCUT2D eigenvalue weighted by molar-refractivity contribution is 7.89. The molecule has 2 aliphatic carbocycles. The average molecular weight is 851 g/mol. The van der Waals surface area contributed by atoms with Gasteiger partial charge in [-0.2, -0.15) is 4.31 Å². The van der Waals surface area contributed by atoms with Gasteiger partial charge >= 0.3 is 0 Å². The molecule has 14 heteroatoms. The highest BCUT2D eigenvalue weighted by Crippen LogP contribution is 2.62. The number of aliphatic hydroxyl groups excluding tert-OH is 2. The molecule has 2 heterocycles. The number of allylic oxidation sites excluding steroid dienone is 1. The Labute approximate surface area is 356 Å². The van der Waals surface area contributed by atoms with E-state index in [-0.39, 0.29) is 61.3 Å². The summed E-state index contributed by atoms with van der Waals surface area (Å²) in [7, 11) is -4.22. The number of anilines is 1. The van der Waals surface area contributed by atoms with Gasteiger partial charge in [-0.1, -0.05) is 37.1 Å². The maximum atomic E-state index is 15.2. The minimum atomic E-state index is -4.22. The van der Waals surface area contributed by atoms with Gasteiger partial charge in [0.05, 0.1) is 29.2 Å². The first-order chi connectivity index (χ1) is 28.8. The fourth-order valence-electron chi connectivity index (χ4n) is 9.20. The lowest BCUT2D eigenvalue weighted by atomic mass is 9.55. The largest absolute Gasteiger partial charge is 0.492 e. The van der Waals surface area contributed by atoms with Crippen LogP contribution in [-0.2, 0) is 24.4 Å². The molecule has 6 rings (SSSR count). The average Bonchev–Trinajstić information content (AvgIpc) is 4.04. The quantitative estimate of drug-likeness (QED) is 0.0494. The van der Waals surface area contributed by atoms with Crippen LogP contribution in [0.1, 0.15) is 97.5 Å². The van der Waals surface area contributed by atoms with E-state index in [1.807, 2.05) is 39.8 Å². The Kier molecular flexibility index (Phi) is 15.2. The van der Waals surface area contributed by atoms with Crippen LogP contribution in [0.25, 0.3) is 0 Å². The van der Waals surface area contributed by atoms with E-state index in [1.165, 1.54) is 23.4 Å². The van der Waals surface area contributed by atoms with Gasteiger partial charge in [0, 0.05) is 69.9 Å². The first-order valence-electron chi connectivity index (χ1n) is 21.8. The minimum Gasteiger partial charge on any atom is -0.492 e. The Hall–Kier alpha value is -3.79. The lowest BCUT2D eigenvalue weighted by Gasteiger charge is -2.59. The van der Waals surface area contributed by atoms with Gasteiger partial charge in [-0.3, -0.25) is 9.69 Å². The maximum absolute atomic E-state index is 15.2. The standard InChI is InChI=1S/C46H66N4O9S/c1-7-21-50(60(54,55)36-18-15-34(16-19-36)47-32(3)53)42-31-40(48-59-45(4,5)6)38-29-33(13-9-11-25-51)37(14-10-12-26-52)43-39-30-35(56-28-24-49-22-23-49)17-20-41(39)58-46(42,44(38)43)57-27-8-2/h8,15-20,29-30,33,37,42-44,51-52H,2,7,9-14,21-28,31H2,1,3-6H3,(H,47,53). The van der Waals surface area contributed by atoms with Gasteiger partial charge < -0.3 is 34.6 Å². The molecule has 330 valence electrons. The highest BCUT2D eigenvalue weighted by atomic mass is 32.2. The molecule has 3 N–H and O–H groups in total. The summed E-state index contributed by atoms with van der Waals surface area (Å²) in [6.45, 7) is 17.1. The first-order valence-corrected chi connectivity index (χ1v) is 23.2. The SMILES string of the molecule is C=CCOC12Oc3ccc(OCCN4CC4)cc3C3C(CCCCO)C(CCCCO)C=C(C(=NOC(C)(C)C)CC1N(CCC)S(=O)(=O)c1ccc(NC(C)=O)cc1)C32. The number of fused-ring (bicyclic) bond motifs is 2. The predicted molar refractivity (Wildman–Crippen MR) is 233 cm³/mol. The van der Waals surface area contributed by atoms with E-state index in [0.29, 0.717) is 43.0 Å². The molecule has 0 aromatic heterocycles. The van der Waals surface area contributed by atoms with Crippen LogP contribution in [0, 0.1) is 17.8 Å². The Morgan fingerprint density at radius 1 is 1.08 bits per heavy atom. The van der Waals surface area contributed by atoms with Crippen LogP contribution in [0.15, 0.2) is 76.8 Å². The molecule has 1 saturated heterocycles. The zero-order chi connectivity index (χ0) is 43.1. The van der Waals surface area contributed by atoms with Gasteiger partial charge in [-0.05, 0) is 113 Å². The molecule has 60 heavy (non-hydrogen) atoms. The molecular formula is C46H66N4O9S. The summed E-state index contributed by atoms with van der Waals surface area (Å²) in [5.41, 5.74) is 2.36. The van der Waals surface area contributed by atoms with Crippen molar-refractivity contribution in [2.75, 3.05) is 57.9 Å². The Morgan fingerprint density at radius 2 is 1.80 bits per heavy atom. The number of unbranched alkanes of at least 4 members (excludes halogenated alkanes) is 2. The van der Waals surface area contributed by atoms with Crippen molar-refractivity contribution in [3.8, 4) is 11.5 Å². The molecule has 0 radical (unpaired) electrons. The van der Waals surface area contributed by atoms with Gasteiger partial charge in [0.25, 0.3) is 0 Å². The summed E-state index contributed by atoms with van der Waals surface area (Å²) >= 11 is 0. The Bertz CT molecular complexity index is 1960. The zero-order valence-corrected chi connectivity index (χ0v) is 36.9. The topological polar surface area (TPSA) is 159 Å². The fraction of sp³-hybridized carbons (Fsp3) is 0.609. The van der Waals surface area contributed by atoms with Crippen molar-refractivity contribution in [2.24, 2.45) is 22.9 Å². The van der Waals surface area contributed by atoms with Crippen molar-refractivity contribution in [3.63, 3.8) is 0 Å². The van der Waals surface area contributed by atoms with Gasteiger partial charge in [-0.25, -0.2) is 8.42 Å². The van der Waals surface area contributed by atoms with E-state index >= 15 is 8.42 Å². The third kappa shape index (κ3) is 10.4. The first kappa shape index (κ1) is 45.7. The summed E-state index contributed by atoms with van der Waals surface area (Å²) in [6.07, 6.45) is 9.14. The molecule has 6 atom stereocenters. The molecule has 0 spiro atoms. The molecule has 13 nitrogen and oxygen atoms in total. The molecule has 1 saturated carbocycles. The number of carbonyl (C=O) groups is 1. The van der Waals surface area contributed by atoms with E-state index in [0.717, 1.165) is 62.2 Å². The number of benzene rings is 2. The van der Waals surface area contributed by atoms with Crippen molar-refractivity contribution in [1.29, 1.82) is 0 Å². The van der Waals surface area contributed by atoms with Crippen LogP contribution in [0.4, 0.5) is 5.69 Å². The second-order valence-corrected chi connectivity index (χ2v) is 19.4. The molecular weight excluding hydrogens is 785 g/mol. The van der Waals surface area contributed by atoms with Gasteiger partial charge in [0.1, 0.15) is 23.7 Å². The Balaban J connectivity index is 1.59. The normalized spacial score (nSPS) is 25.5. The van der Waals surface area contributed by atoms with Crippen LogP contribution in [0.2, 0.25) is 0 Å². The van der Waals surface area contributed by atoms with Crippen molar-refractivity contribution in [2.45, 2.75) is 114 Å². The second kappa shape index (κ2) is 19.9. The molecule has 2 aromatic carbocycles.